The Morgan fingerprint density at radius 1 is 1.03 bits per heavy atom. The van der Waals surface area contributed by atoms with Crippen molar-refractivity contribution in [3.63, 3.8) is 0 Å². The van der Waals surface area contributed by atoms with Crippen molar-refractivity contribution in [2.45, 2.75) is 11.8 Å². The summed E-state index contributed by atoms with van der Waals surface area (Å²) in [6.07, 6.45) is 0. The van der Waals surface area contributed by atoms with Crippen molar-refractivity contribution in [1.82, 2.24) is 0 Å². The van der Waals surface area contributed by atoms with Crippen molar-refractivity contribution in [3.8, 4) is 11.5 Å². The summed E-state index contributed by atoms with van der Waals surface area (Å²) in [6.45, 7) is 1.51. The number of phenolic OH excluding ortho intramolecular Hbond substituents is 1. The van der Waals surface area contributed by atoms with Crippen LogP contribution in [0.5, 0.6) is 11.5 Å². The minimum atomic E-state index is -4.53. The minimum absolute atomic E-state index is 0.0189. The number of carbonyl (C=O) groups excluding carboxylic acids is 1. The zero-order valence-electron chi connectivity index (χ0n) is 19.4. The minimum Gasteiger partial charge on any atom is -0.505 e. The summed E-state index contributed by atoms with van der Waals surface area (Å²) in [5.41, 5.74) is 0.787. The maximum atomic E-state index is 13.1. The van der Waals surface area contributed by atoms with Gasteiger partial charge in [-0.2, -0.15) is 13.5 Å². The number of fused-ring (bicyclic) bond motifs is 1. The topological polar surface area (TPSA) is 138 Å². The van der Waals surface area contributed by atoms with Crippen LogP contribution in [0, 0.1) is 6.92 Å². The molecule has 4 rings (SSSR count). The Balaban J connectivity index is 1.77. The van der Waals surface area contributed by atoms with Crippen molar-refractivity contribution in [3.05, 3.63) is 81.8 Å². The van der Waals surface area contributed by atoms with Gasteiger partial charge in [-0.1, -0.05) is 47.5 Å². The number of halogens is 2. The molecule has 0 saturated heterocycles. The molecule has 0 aliphatic heterocycles. The maximum absolute atomic E-state index is 13.1. The van der Waals surface area contributed by atoms with Crippen molar-refractivity contribution >= 4 is 67.1 Å². The molecule has 37 heavy (non-hydrogen) atoms. The van der Waals surface area contributed by atoms with Gasteiger partial charge in [0.05, 0.1) is 28.4 Å². The highest BCUT2D eigenvalue weighted by atomic mass is 35.5. The van der Waals surface area contributed by atoms with E-state index in [1.165, 1.54) is 32.2 Å². The highest BCUT2D eigenvalue weighted by molar-refractivity contribution is 7.86. The number of aromatic hydroxyl groups is 1. The van der Waals surface area contributed by atoms with Crippen LogP contribution < -0.4 is 10.1 Å². The average molecular weight is 560 g/mol. The molecule has 0 bridgehead atoms. The number of hydrogen-bond donors (Lipinski definition) is 3. The Bertz CT molecular complexity index is 1690. The van der Waals surface area contributed by atoms with E-state index in [4.69, 9.17) is 27.9 Å². The second kappa shape index (κ2) is 10.3. The highest BCUT2D eigenvalue weighted by Crippen LogP contribution is 2.41. The van der Waals surface area contributed by atoms with E-state index in [-0.39, 0.29) is 27.5 Å². The number of nitrogens with zero attached hydrogens (tertiary/aromatic N) is 2. The number of methoxy groups -OCH3 is 1. The van der Waals surface area contributed by atoms with E-state index in [0.29, 0.717) is 27.2 Å². The molecule has 0 aliphatic rings. The molecule has 190 valence electrons. The molecule has 0 radical (unpaired) electrons. The summed E-state index contributed by atoms with van der Waals surface area (Å²) < 4.78 is 37.5. The molecule has 0 fully saturated rings. The Morgan fingerprint density at radius 3 is 2.43 bits per heavy atom. The molecule has 0 spiro atoms. The first-order chi connectivity index (χ1) is 17.5. The molecule has 1 amide bonds. The fourth-order valence-electron chi connectivity index (χ4n) is 3.60. The molecule has 9 nitrogen and oxygen atoms in total. The van der Waals surface area contributed by atoms with E-state index >= 15 is 0 Å². The predicted octanol–water partition coefficient (Wildman–Crippen LogP) is 7.08. The zero-order valence-corrected chi connectivity index (χ0v) is 21.7. The van der Waals surface area contributed by atoms with Crippen molar-refractivity contribution in [2.24, 2.45) is 10.2 Å². The van der Waals surface area contributed by atoms with E-state index in [0.717, 1.165) is 6.07 Å². The average Bonchev–Trinajstić information content (AvgIpc) is 2.84. The lowest BCUT2D eigenvalue weighted by Gasteiger charge is -2.12. The third-order valence-corrected chi connectivity index (χ3v) is 7.30. The Kier molecular flexibility index (Phi) is 7.37. The van der Waals surface area contributed by atoms with Gasteiger partial charge in [0.1, 0.15) is 16.3 Å². The summed E-state index contributed by atoms with van der Waals surface area (Å²) in [5, 5.41) is 23.2. The number of rotatable bonds is 6. The monoisotopic (exact) mass is 559 g/mol. The van der Waals surface area contributed by atoms with Crippen molar-refractivity contribution in [1.29, 1.82) is 0 Å². The van der Waals surface area contributed by atoms with E-state index < -0.39 is 26.7 Å². The number of nitrogens with one attached hydrogen (secondary N) is 1. The largest absolute Gasteiger partial charge is 0.505 e. The molecule has 0 heterocycles. The van der Waals surface area contributed by atoms with Crippen LogP contribution in [0.15, 0.2) is 75.8 Å². The number of hydrogen-bond acceptors (Lipinski definition) is 7. The SMILES string of the molecule is COc1ccc(NC(=O)c2cc3ccccc3c(N=Nc3ccc(S(=O)(=O)O)c(Cl)c3C)c2O)cc1Cl. The van der Waals surface area contributed by atoms with Crippen molar-refractivity contribution < 1.29 is 27.6 Å². The molecule has 0 saturated carbocycles. The molecule has 12 heteroatoms. The lowest BCUT2D eigenvalue weighted by molar-refractivity contribution is 0.102. The van der Waals surface area contributed by atoms with Gasteiger partial charge < -0.3 is 15.2 Å². The third kappa shape index (κ3) is 5.37. The molecular weight excluding hydrogens is 541 g/mol. The van der Waals surface area contributed by atoms with Gasteiger partial charge in [-0.15, -0.1) is 5.11 Å². The number of azo groups is 1. The van der Waals surface area contributed by atoms with Crippen LogP contribution in [0.3, 0.4) is 0 Å². The summed E-state index contributed by atoms with van der Waals surface area (Å²) in [7, 11) is -3.05. The zero-order chi connectivity index (χ0) is 26.9. The normalized spacial score (nSPS) is 11.7. The fourth-order valence-corrected chi connectivity index (χ4v) is 4.93. The first-order valence-corrected chi connectivity index (χ1v) is 12.8. The molecule has 0 atom stereocenters. The van der Waals surface area contributed by atoms with Crippen LogP contribution in [-0.4, -0.2) is 31.1 Å². The first-order valence-electron chi connectivity index (χ1n) is 10.6. The molecular formula is C25H19Cl2N3O6S. The third-order valence-electron chi connectivity index (χ3n) is 5.51. The first kappa shape index (κ1) is 26.4. The number of ether oxygens (including phenoxy) is 1. The van der Waals surface area contributed by atoms with Gasteiger partial charge >= 0.3 is 0 Å². The second-order valence-corrected chi connectivity index (χ2v) is 10.0. The summed E-state index contributed by atoms with van der Waals surface area (Å²) >= 11 is 12.2. The molecule has 4 aromatic carbocycles. The van der Waals surface area contributed by atoms with E-state index in [1.54, 1.807) is 36.4 Å². The van der Waals surface area contributed by atoms with E-state index in [9.17, 15) is 22.9 Å². The summed E-state index contributed by atoms with van der Waals surface area (Å²) in [4.78, 5) is 12.6. The van der Waals surface area contributed by atoms with Crippen LogP contribution in [0.2, 0.25) is 10.0 Å². The number of amides is 1. The van der Waals surface area contributed by atoms with Crippen LogP contribution in [0.4, 0.5) is 17.1 Å². The lowest BCUT2D eigenvalue weighted by Crippen LogP contribution is -2.12. The van der Waals surface area contributed by atoms with Crippen LogP contribution in [0.25, 0.3) is 10.8 Å². The number of anilines is 1. The van der Waals surface area contributed by atoms with Gasteiger partial charge in [0.25, 0.3) is 16.0 Å². The lowest BCUT2D eigenvalue weighted by atomic mass is 10.0. The summed E-state index contributed by atoms with van der Waals surface area (Å²) in [6, 6.07) is 15.6. The number of benzene rings is 4. The van der Waals surface area contributed by atoms with E-state index in [1.807, 2.05) is 0 Å². The fraction of sp³-hybridized carbons (Fsp3) is 0.0800. The predicted molar refractivity (Wildman–Crippen MR) is 142 cm³/mol. The molecule has 0 aromatic heterocycles. The van der Waals surface area contributed by atoms with Gasteiger partial charge in [0.15, 0.2) is 5.75 Å². The van der Waals surface area contributed by atoms with Gasteiger partial charge in [-0.05, 0) is 54.3 Å². The smallest absolute Gasteiger partial charge is 0.296 e. The number of carbonyl (C=O) groups is 1. The molecule has 0 aliphatic carbocycles. The second-order valence-electron chi connectivity index (χ2n) is 7.84. The van der Waals surface area contributed by atoms with E-state index in [2.05, 4.69) is 15.5 Å². The van der Waals surface area contributed by atoms with Gasteiger partial charge in [0, 0.05) is 11.1 Å². The number of phenols is 1. The van der Waals surface area contributed by atoms with Crippen LogP contribution >= 0.6 is 23.2 Å². The molecule has 3 N–H and O–H groups in total. The van der Waals surface area contributed by atoms with Crippen molar-refractivity contribution in [2.75, 3.05) is 12.4 Å². The molecule has 4 aromatic rings. The highest BCUT2D eigenvalue weighted by Gasteiger charge is 2.20. The Hall–Kier alpha value is -3.70. The summed E-state index contributed by atoms with van der Waals surface area (Å²) in [5.74, 6) is -0.591. The quantitative estimate of drug-likeness (QED) is 0.170. The van der Waals surface area contributed by atoms with Gasteiger partial charge in [-0.25, -0.2) is 0 Å². The van der Waals surface area contributed by atoms with Gasteiger partial charge in [0.2, 0.25) is 0 Å². The Morgan fingerprint density at radius 2 is 1.76 bits per heavy atom. The van der Waals surface area contributed by atoms with Crippen LogP contribution in [0.1, 0.15) is 15.9 Å². The molecule has 0 unspecified atom stereocenters. The standard InChI is InChI=1S/C25H19Cl2N3O6S/c1-13-19(8-10-21(22(13)27)37(33,34)35)29-30-23-16-6-4-3-5-14(16)11-17(24(23)31)25(32)28-15-7-9-20(36-2)18(26)12-15/h3-12,31H,1-2H3,(H,28,32)(H,33,34,35). The maximum Gasteiger partial charge on any atom is 0.296 e. The van der Waals surface area contributed by atoms with Gasteiger partial charge in [-0.3, -0.25) is 9.35 Å². The Labute approximate surface area is 222 Å². The van der Waals surface area contributed by atoms with Crippen LogP contribution in [-0.2, 0) is 10.1 Å².